The fourth-order valence-corrected chi connectivity index (χ4v) is 3.12. The molecular formula is C20H22N2O4. The highest BCUT2D eigenvalue weighted by molar-refractivity contribution is 6.02. The summed E-state index contributed by atoms with van der Waals surface area (Å²) in [6.07, 6.45) is 1.69. The quantitative estimate of drug-likeness (QED) is 0.877. The molecule has 26 heavy (non-hydrogen) atoms. The molecule has 6 heteroatoms. The summed E-state index contributed by atoms with van der Waals surface area (Å²) < 4.78 is 1.47. The number of ketones is 1. The molecule has 0 radical (unpaired) electrons. The largest absolute Gasteiger partial charge is 0.394 e. The van der Waals surface area contributed by atoms with Crippen LogP contribution in [0, 0.1) is 0 Å². The number of carbonyl (C=O) groups is 2. The van der Waals surface area contributed by atoms with Gasteiger partial charge in [0.2, 0.25) is 0 Å². The topological polar surface area (TPSA) is 88.4 Å². The number of para-hydroxylation sites is 1. The number of aliphatic hydroxyl groups is 1. The van der Waals surface area contributed by atoms with E-state index in [0.29, 0.717) is 36.2 Å². The van der Waals surface area contributed by atoms with Gasteiger partial charge in [0, 0.05) is 23.4 Å². The van der Waals surface area contributed by atoms with Crippen molar-refractivity contribution < 1.29 is 14.7 Å². The molecule has 0 spiro atoms. The highest BCUT2D eigenvalue weighted by atomic mass is 16.3. The predicted molar refractivity (Wildman–Crippen MR) is 97.9 cm³/mol. The molecular weight excluding hydrogens is 332 g/mol. The lowest BCUT2D eigenvalue weighted by Gasteiger charge is -2.25. The first-order chi connectivity index (χ1) is 12.3. The van der Waals surface area contributed by atoms with Gasteiger partial charge in [-0.15, -0.1) is 0 Å². The molecule has 1 amide bonds. The van der Waals surface area contributed by atoms with Gasteiger partial charge in [0.15, 0.2) is 5.78 Å². The van der Waals surface area contributed by atoms with E-state index in [4.69, 9.17) is 0 Å². The molecule has 1 aliphatic rings. The Morgan fingerprint density at radius 2 is 1.88 bits per heavy atom. The highest BCUT2D eigenvalue weighted by Gasteiger charge is 2.28. The van der Waals surface area contributed by atoms with Gasteiger partial charge in [-0.25, -0.2) is 0 Å². The number of Topliss-reactive ketones (excluding diaryl/α,β-unsaturated/α-hetero) is 1. The fraction of sp³-hybridized carbons (Fsp3) is 0.350. The lowest BCUT2D eigenvalue weighted by atomic mass is 9.92. The van der Waals surface area contributed by atoms with Crippen LogP contribution < -0.4 is 10.9 Å². The number of hydrogen-bond donors (Lipinski definition) is 2. The Morgan fingerprint density at radius 3 is 2.54 bits per heavy atom. The number of rotatable bonds is 4. The van der Waals surface area contributed by atoms with Gasteiger partial charge in [0.05, 0.1) is 12.1 Å². The molecule has 0 atom stereocenters. The van der Waals surface area contributed by atoms with Crippen LogP contribution in [-0.2, 0) is 6.42 Å². The molecule has 0 aliphatic heterocycles. The van der Waals surface area contributed by atoms with Gasteiger partial charge >= 0.3 is 0 Å². The Kier molecular flexibility index (Phi) is 4.78. The molecule has 0 bridgehead atoms. The number of aromatic nitrogens is 1. The number of pyridine rings is 1. The number of amides is 1. The van der Waals surface area contributed by atoms with Crippen molar-refractivity contribution >= 4 is 11.7 Å². The van der Waals surface area contributed by atoms with E-state index in [1.54, 1.807) is 38.1 Å². The van der Waals surface area contributed by atoms with Gasteiger partial charge in [-0.05, 0) is 44.9 Å². The predicted octanol–water partition coefficient (Wildman–Crippen LogP) is 1.86. The lowest BCUT2D eigenvalue weighted by molar-refractivity contribution is 0.0867. The third-order valence-corrected chi connectivity index (χ3v) is 4.53. The van der Waals surface area contributed by atoms with E-state index in [0.717, 1.165) is 0 Å². The second-order valence-electron chi connectivity index (χ2n) is 7.17. The molecule has 0 fully saturated rings. The van der Waals surface area contributed by atoms with Gasteiger partial charge in [-0.3, -0.25) is 19.0 Å². The Morgan fingerprint density at radius 1 is 1.19 bits per heavy atom. The van der Waals surface area contributed by atoms with Gasteiger partial charge in [-0.1, -0.05) is 18.2 Å². The third-order valence-electron chi connectivity index (χ3n) is 4.53. The first kappa shape index (κ1) is 18.1. The Labute approximate surface area is 151 Å². The average Bonchev–Trinajstić information content (AvgIpc) is 2.62. The summed E-state index contributed by atoms with van der Waals surface area (Å²) in [6, 6.07) is 10.4. The Bertz CT molecular complexity index is 913. The number of fused-ring (bicyclic) bond motifs is 1. The van der Waals surface area contributed by atoms with Crippen LogP contribution in [0.25, 0.3) is 5.69 Å². The second-order valence-corrected chi connectivity index (χ2v) is 7.17. The van der Waals surface area contributed by atoms with Gasteiger partial charge in [-0.2, -0.15) is 0 Å². The molecule has 3 rings (SSSR count). The minimum absolute atomic E-state index is 0.0635. The molecule has 0 saturated carbocycles. The van der Waals surface area contributed by atoms with Crippen molar-refractivity contribution in [3.8, 4) is 5.69 Å². The van der Waals surface area contributed by atoms with E-state index >= 15 is 0 Å². The van der Waals surface area contributed by atoms with E-state index in [1.807, 2.05) is 6.07 Å². The standard InChI is InChI=1S/C20H22N2O4/c1-20(2,12-23)21-18(25)15-11-14-16(9-6-10-17(14)24)22(19(15)26)13-7-4-3-5-8-13/h3-5,7-8,11,23H,6,9-10,12H2,1-2H3,(H,21,25). The van der Waals surface area contributed by atoms with E-state index < -0.39 is 17.0 Å². The summed E-state index contributed by atoms with van der Waals surface area (Å²) in [5.41, 5.74) is 0.267. The molecule has 2 aromatic rings. The van der Waals surface area contributed by atoms with E-state index in [1.165, 1.54) is 10.6 Å². The molecule has 0 saturated heterocycles. The van der Waals surface area contributed by atoms with E-state index in [9.17, 15) is 19.5 Å². The number of hydrogen-bond acceptors (Lipinski definition) is 4. The highest BCUT2D eigenvalue weighted by Crippen LogP contribution is 2.23. The van der Waals surface area contributed by atoms with Crippen LogP contribution in [0.15, 0.2) is 41.2 Å². The van der Waals surface area contributed by atoms with Crippen molar-refractivity contribution in [1.29, 1.82) is 0 Å². The zero-order valence-electron chi connectivity index (χ0n) is 14.9. The number of carbonyl (C=O) groups excluding carboxylic acids is 2. The van der Waals surface area contributed by atoms with Crippen LogP contribution in [0.4, 0.5) is 0 Å². The monoisotopic (exact) mass is 354 g/mol. The smallest absolute Gasteiger partial charge is 0.268 e. The summed E-state index contributed by atoms with van der Waals surface area (Å²) in [4.78, 5) is 38.2. The van der Waals surface area contributed by atoms with Crippen molar-refractivity contribution in [3.05, 3.63) is 63.6 Å². The molecule has 0 unspecified atom stereocenters. The van der Waals surface area contributed by atoms with Crippen molar-refractivity contribution in [2.45, 2.75) is 38.6 Å². The van der Waals surface area contributed by atoms with Gasteiger partial charge < -0.3 is 10.4 Å². The zero-order chi connectivity index (χ0) is 18.9. The van der Waals surface area contributed by atoms with Crippen molar-refractivity contribution in [3.63, 3.8) is 0 Å². The average molecular weight is 354 g/mol. The molecule has 6 nitrogen and oxygen atoms in total. The fourth-order valence-electron chi connectivity index (χ4n) is 3.12. The zero-order valence-corrected chi connectivity index (χ0v) is 14.9. The second kappa shape index (κ2) is 6.88. The van der Waals surface area contributed by atoms with Crippen molar-refractivity contribution in [2.24, 2.45) is 0 Å². The molecule has 2 N–H and O–H groups in total. The summed E-state index contributed by atoms with van der Waals surface area (Å²) >= 11 is 0. The minimum Gasteiger partial charge on any atom is -0.394 e. The number of benzene rings is 1. The minimum atomic E-state index is -0.874. The van der Waals surface area contributed by atoms with Crippen LogP contribution >= 0.6 is 0 Å². The number of nitrogens with one attached hydrogen (secondary N) is 1. The van der Waals surface area contributed by atoms with Crippen LogP contribution in [0.5, 0.6) is 0 Å². The molecule has 1 aliphatic carbocycles. The van der Waals surface area contributed by atoms with E-state index in [-0.39, 0.29) is 18.0 Å². The van der Waals surface area contributed by atoms with Crippen LogP contribution in [0.1, 0.15) is 53.1 Å². The summed E-state index contributed by atoms with van der Waals surface area (Å²) in [7, 11) is 0. The molecule has 1 heterocycles. The summed E-state index contributed by atoms with van der Waals surface area (Å²) in [6.45, 7) is 3.05. The molecule has 1 aromatic carbocycles. The first-order valence-corrected chi connectivity index (χ1v) is 8.65. The third kappa shape index (κ3) is 3.32. The maximum Gasteiger partial charge on any atom is 0.268 e. The van der Waals surface area contributed by atoms with Crippen LogP contribution in [0.3, 0.4) is 0 Å². The van der Waals surface area contributed by atoms with Crippen molar-refractivity contribution in [2.75, 3.05) is 6.61 Å². The maximum atomic E-state index is 13.1. The van der Waals surface area contributed by atoms with Gasteiger partial charge in [0.1, 0.15) is 5.56 Å². The number of aliphatic hydroxyl groups excluding tert-OH is 1. The molecule has 1 aromatic heterocycles. The van der Waals surface area contributed by atoms with Crippen molar-refractivity contribution in [1.82, 2.24) is 9.88 Å². The lowest BCUT2D eigenvalue weighted by Crippen LogP contribution is -2.48. The SMILES string of the molecule is CC(C)(CO)NC(=O)c1cc2c(n(-c3ccccc3)c1=O)CCCC2=O. The summed E-state index contributed by atoms with van der Waals surface area (Å²) in [5, 5.41) is 12.0. The first-order valence-electron chi connectivity index (χ1n) is 8.65. The van der Waals surface area contributed by atoms with Gasteiger partial charge in [0.25, 0.3) is 11.5 Å². The normalized spacial score (nSPS) is 14.0. The number of nitrogens with zero attached hydrogens (tertiary/aromatic N) is 1. The maximum absolute atomic E-state index is 13.1. The molecule has 136 valence electrons. The Balaban J connectivity index is 2.21. The van der Waals surface area contributed by atoms with E-state index in [2.05, 4.69) is 5.32 Å². The van der Waals surface area contributed by atoms with Crippen LogP contribution in [-0.4, -0.2) is 33.5 Å². The summed E-state index contributed by atoms with van der Waals surface area (Å²) in [5.74, 6) is -0.661. The van der Waals surface area contributed by atoms with Crippen LogP contribution in [0.2, 0.25) is 0 Å². The Hall–Kier alpha value is -2.73.